The molecule has 2 heterocycles. The highest BCUT2D eigenvalue weighted by molar-refractivity contribution is 9.09. The lowest BCUT2D eigenvalue weighted by Crippen LogP contribution is -2.30. The molecule has 2 aromatic heterocycles. The zero-order valence-electron chi connectivity index (χ0n) is 9.23. The number of halogens is 1. The summed E-state index contributed by atoms with van der Waals surface area (Å²) in [5.74, 6) is -0.0149. The van der Waals surface area contributed by atoms with Crippen molar-refractivity contribution in [1.29, 1.82) is 0 Å². The quantitative estimate of drug-likeness (QED) is 0.854. The average Bonchev–Trinajstić information content (AvgIpc) is 2.86. The molecule has 1 unspecified atom stereocenters. The number of rotatable bonds is 5. The molecule has 0 radical (unpaired) electrons. The van der Waals surface area contributed by atoms with Crippen LogP contribution in [0.15, 0.2) is 17.5 Å². The molecule has 0 spiro atoms. The molecule has 1 amide bonds. The number of carbonyl (C=O) groups is 1. The lowest BCUT2D eigenvalue weighted by atomic mass is 10.4. The number of methoxy groups -OCH3 is 1. The summed E-state index contributed by atoms with van der Waals surface area (Å²) in [7, 11) is 1.64. The van der Waals surface area contributed by atoms with Gasteiger partial charge < -0.3 is 10.1 Å². The van der Waals surface area contributed by atoms with Crippen molar-refractivity contribution in [3.63, 3.8) is 0 Å². The Morgan fingerprint density at radius 2 is 2.41 bits per heavy atom. The van der Waals surface area contributed by atoms with E-state index < -0.39 is 0 Å². The molecule has 3 nitrogen and oxygen atoms in total. The van der Waals surface area contributed by atoms with E-state index in [9.17, 15) is 4.79 Å². The number of fused-ring (bicyclic) bond motifs is 1. The number of ether oxygens (including phenoxy) is 1. The lowest BCUT2D eigenvalue weighted by Gasteiger charge is -2.08. The summed E-state index contributed by atoms with van der Waals surface area (Å²) >= 11 is 6.62. The Morgan fingerprint density at radius 1 is 1.59 bits per heavy atom. The van der Waals surface area contributed by atoms with Crippen molar-refractivity contribution in [3.8, 4) is 0 Å². The molecular weight excluding hydrogens is 322 g/mol. The molecule has 1 N–H and O–H groups in total. The van der Waals surface area contributed by atoms with Crippen LogP contribution in [0.25, 0.3) is 9.40 Å². The SMILES string of the molecule is COCC(Br)CNC(=O)c1cc2sccc2s1. The van der Waals surface area contributed by atoms with Gasteiger partial charge in [-0.15, -0.1) is 22.7 Å². The molecule has 0 aliphatic rings. The fourth-order valence-electron chi connectivity index (χ4n) is 1.41. The van der Waals surface area contributed by atoms with Gasteiger partial charge in [-0.25, -0.2) is 0 Å². The molecule has 0 aliphatic heterocycles. The van der Waals surface area contributed by atoms with Crippen LogP contribution in [0.4, 0.5) is 0 Å². The van der Waals surface area contributed by atoms with Gasteiger partial charge in [-0.3, -0.25) is 4.79 Å². The second-order valence-corrected chi connectivity index (χ2v) is 6.85. The molecule has 0 fully saturated rings. The Balaban J connectivity index is 1.94. The van der Waals surface area contributed by atoms with Crippen LogP contribution in [0.2, 0.25) is 0 Å². The predicted molar refractivity (Wildman–Crippen MR) is 76.6 cm³/mol. The molecule has 92 valence electrons. The van der Waals surface area contributed by atoms with Crippen molar-refractivity contribution in [2.45, 2.75) is 4.83 Å². The average molecular weight is 334 g/mol. The largest absolute Gasteiger partial charge is 0.383 e. The number of thiophene rings is 2. The van der Waals surface area contributed by atoms with E-state index in [0.717, 1.165) is 4.88 Å². The highest BCUT2D eigenvalue weighted by atomic mass is 79.9. The Labute approximate surface area is 116 Å². The van der Waals surface area contributed by atoms with Crippen LogP contribution >= 0.6 is 38.6 Å². The summed E-state index contributed by atoms with van der Waals surface area (Å²) in [5, 5.41) is 4.92. The fraction of sp³-hybridized carbons (Fsp3) is 0.364. The zero-order valence-corrected chi connectivity index (χ0v) is 12.5. The van der Waals surface area contributed by atoms with Gasteiger partial charge in [-0.1, -0.05) is 15.9 Å². The Morgan fingerprint density at radius 3 is 3.12 bits per heavy atom. The van der Waals surface area contributed by atoms with Crippen molar-refractivity contribution >= 4 is 53.9 Å². The molecule has 0 aromatic carbocycles. The molecule has 2 aromatic rings. The van der Waals surface area contributed by atoms with Gasteiger partial charge in [-0.05, 0) is 17.5 Å². The minimum Gasteiger partial charge on any atom is -0.383 e. The Bertz CT molecular complexity index is 480. The van der Waals surface area contributed by atoms with Crippen LogP contribution < -0.4 is 5.32 Å². The Hall–Kier alpha value is -0.430. The Kier molecular flexibility index (Phi) is 4.55. The lowest BCUT2D eigenvalue weighted by molar-refractivity contribution is 0.0954. The third-order valence-electron chi connectivity index (χ3n) is 2.19. The van der Waals surface area contributed by atoms with Gasteiger partial charge in [0.1, 0.15) is 0 Å². The van der Waals surface area contributed by atoms with Crippen molar-refractivity contribution < 1.29 is 9.53 Å². The van der Waals surface area contributed by atoms with Crippen LogP contribution in [-0.2, 0) is 4.74 Å². The van der Waals surface area contributed by atoms with Crippen LogP contribution in [-0.4, -0.2) is 31.0 Å². The summed E-state index contributed by atoms with van der Waals surface area (Å²) in [6.45, 7) is 1.15. The molecule has 0 bridgehead atoms. The van der Waals surface area contributed by atoms with Gasteiger partial charge in [0.15, 0.2) is 0 Å². The number of carbonyl (C=O) groups excluding carboxylic acids is 1. The van der Waals surface area contributed by atoms with Gasteiger partial charge in [0.25, 0.3) is 5.91 Å². The van der Waals surface area contributed by atoms with Gasteiger partial charge in [0.2, 0.25) is 0 Å². The molecule has 0 saturated heterocycles. The van der Waals surface area contributed by atoms with Gasteiger partial charge >= 0.3 is 0 Å². The smallest absolute Gasteiger partial charge is 0.261 e. The molecule has 0 saturated carbocycles. The van der Waals surface area contributed by atoms with E-state index in [1.807, 2.05) is 17.5 Å². The van der Waals surface area contributed by atoms with Crippen molar-refractivity contribution in [2.24, 2.45) is 0 Å². The van der Waals surface area contributed by atoms with Crippen LogP contribution in [0, 0.1) is 0 Å². The molecule has 0 aliphatic carbocycles. The maximum absolute atomic E-state index is 11.9. The second-order valence-electron chi connectivity index (χ2n) is 3.52. The molecular formula is C11H12BrNO2S2. The van der Waals surface area contributed by atoms with E-state index in [4.69, 9.17) is 4.74 Å². The maximum atomic E-state index is 11.9. The van der Waals surface area contributed by atoms with E-state index in [-0.39, 0.29) is 10.7 Å². The summed E-state index contributed by atoms with van der Waals surface area (Å²) in [6.07, 6.45) is 0. The first-order valence-electron chi connectivity index (χ1n) is 5.09. The number of alkyl halides is 1. The van der Waals surface area contributed by atoms with Crippen LogP contribution in [0.5, 0.6) is 0 Å². The third-order valence-corrected chi connectivity index (χ3v) is 4.88. The fourth-order valence-corrected chi connectivity index (χ4v) is 3.86. The number of nitrogens with one attached hydrogen (secondary N) is 1. The number of amides is 1. The summed E-state index contributed by atoms with van der Waals surface area (Å²) in [5.41, 5.74) is 0. The summed E-state index contributed by atoms with van der Waals surface area (Å²) in [6, 6.07) is 3.99. The molecule has 2 rings (SSSR count). The molecule has 1 atom stereocenters. The maximum Gasteiger partial charge on any atom is 0.261 e. The van der Waals surface area contributed by atoms with Gasteiger partial charge in [0.05, 0.1) is 16.3 Å². The monoisotopic (exact) mass is 333 g/mol. The summed E-state index contributed by atoms with van der Waals surface area (Å²) in [4.78, 5) is 12.8. The molecule has 17 heavy (non-hydrogen) atoms. The zero-order chi connectivity index (χ0) is 12.3. The van der Waals surface area contributed by atoms with Gasteiger partial charge in [0, 0.05) is 23.1 Å². The van der Waals surface area contributed by atoms with E-state index in [1.165, 1.54) is 20.7 Å². The molecule has 6 heteroatoms. The minimum absolute atomic E-state index is 0.0149. The summed E-state index contributed by atoms with van der Waals surface area (Å²) < 4.78 is 7.33. The minimum atomic E-state index is -0.0149. The van der Waals surface area contributed by atoms with E-state index in [2.05, 4.69) is 21.2 Å². The first kappa shape index (κ1) is 13.0. The highest BCUT2D eigenvalue weighted by Gasteiger charge is 2.12. The van der Waals surface area contributed by atoms with E-state index >= 15 is 0 Å². The standard InChI is InChI=1S/C11H12BrNO2S2/c1-15-6-7(12)5-13-11(14)10-4-9-8(17-10)2-3-16-9/h2-4,7H,5-6H2,1H3,(H,13,14). The third kappa shape index (κ3) is 3.28. The first-order chi connectivity index (χ1) is 8.20. The van der Waals surface area contributed by atoms with Crippen molar-refractivity contribution in [1.82, 2.24) is 5.32 Å². The van der Waals surface area contributed by atoms with Crippen molar-refractivity contribution in [3.05, 3.63) is 22.4 Å². The first-order valence-corrected chi connectivity index (χ1v) is 7.70. The number of hydrogen-bond acceptors (Lipinski definition) is 4. The van der Waals surface area contributed by atoms with Crippen molar-refractivity contribution in [2.75, 3.05) is 20.3 Å². The van der Waals surface area contributed by atoms with Gasteiger partial charge in [-0.2, -0.15) is 0 Å². The van der Waals surface area contributed by atoms with E-state index in [0.29, 0.717) is 13.2 Å². The van der Waals surface area contributed by atoms with Crippen LogP contribution in [0.3, 0.4) is 0 Å². The normalized spacial score (nSPS) is 12.8. The van der Waals surface area contributed by atoms with Crippen LogP contribution in [0.1, 0.15) is 9.67 Å². The predicted octanol–water partition coefficient (Wildman–Crippen LogP) is 3.10. The van der Waals surface area contributed by atoms with E-state index in [1.54, 1.807) is 18.4 Å². The topological polar surface area (TPSA) is 38.3 Å². The highest BCUT2D eigenvalue weighted by Crippen LogP contribution is 2.29. The second kappa shape index (κ2) is 5.95. The number of hydrogen-bond donors (Lipinski definition) is 1.